The van der Waals surface area contributed by atoms with E-state index >= 15 is 0 Å². The fraction of sp³-hybridized carbons (Fsp3) is 0.318. The van der Waals surface area contributed by atoms with Crippen molar-refractivity contribution in [3.05, 3.63) is 78.4 Å². The predicted octanol–water partition coefficient (Wildman–Crippen LogP) is 6.45. The normalized spacial score (nSPS) is 11.9. The number of benzene rings is 1. The van der Waals surface area contributed by atoms with Gasteiger partial charge in [0, 0.05) is 10.5 Å². The summed E-state index contributed by atoms with van der Waals surface area (Å²) < 4.78 is 56.3. The monoisotopic (exact) mass is 557 g/mol. The minimum absolute atomic E-state index is 0.0333. The summed E-state index contributed by atoms with van der Waals surface area (Å²) in [4.78, 5) is 32.4. The molecule has 0 radical (unpaired) electrons. The molecule has 35 heavy (non-hydrogen) atoms. The average Bonchev–Trinajstić information content (AvgIpc) is 2.75. The van der Waals surface area contributed by atoms with Gasteiger partial charge in [-0.25, -0.2) is 14.4 Å². The lowest BCUT2D eigenvalue weighted by Crippen LogP contribution is -2.30. The molecule has 0 amide bonds. The largest absolute Gasteiger partial charge is 0.431 e. The molecule has 0 bridgehead atoms. The van der Waals surface area contributed by atoms with Gasteiger partial charge in [0.05, 0.1) is 22.0 Å². The minimum Gasteiger partial charge on any atom is -0.347 e. The molecule has 0 aliphatic heterocycles. The number of pyridine rings is 1. The highest BCUT2D eigenvalue weighted by Crippen LogP contribution is 2.38. The number of alkyl halides is 3. The van der Waals surface area contributed by atoms with Crippen molar-refractivity contribution in [1.82, 2.24) is 14.5 Å². The Morgan fingerprint density at radius 1 is 1.09 bits per heavy atom. The molecule has 0 aliphatic rings. The Bertz CT molecular complexity index is 1330. The molecule has 0 atom stereocenters. The van der Waals surface area contributed by atoms with Gasteiger partial charge in [0.1, 0.15) is 17.7 Å². The number of hydrogen-bond donors (Lipinski definition) is 1. The van der Waals surface area contributed by atoms with Gasteiger partial charge in [0.15, 0.2) is 11.5 Å². The van der Waals surface area contributed by atoms with Crippen molar-refractivity contribution in [2.45, 2.75) is 45.7 Å². The lowest BCUT2D eigenvalue weighted by Gasteiger charge is -2.22. The summed E-state index contributed by atoms with van der Waals surface area (Å²) in [6, 6.07) is 3.09. The number of anilines is 2. The number of aromatic nitrogens is 3. The van der Waals surface area contributed by atoms with Crippen LogP contribution in [0.3, 0.4) is 0 Å². The highest BCUT2D eigenvalue weighted by atomic mass is 79.9. The second kappa shape index (κ2) is 9.72. The van der Waals surface area contributed by atoms with E-state index < -0.39 is 45.2 Å². The van der Waals surface area contributed by atoms with Gasteiger partial charge in [-0.05, 0) is 39.9 Å². The van der Waals surface area contributed by atoms with E-state index in [0.29, 0.717) is 23.1 Å². The minimum atomic E-state index is -5.14. The summed E-state index contributed by atoms with van der Waals surface area (Å²) >= 11 is 3.00. The molecule has 0 saturated heterocycles. The second-order valence-corrected chi connectivity index (χ2v) is 9.06. The fourth-order valence-corrected chi connectivity index (χ4v) is 4.02. The Kier molecular flexibility index (Phi) is 7.29. The Morgan fingerprint density at radius 2 is 1.66 bits per heavy atom. The van der Waals surface area contributed by atoms with Crippen molar-refractivity contribution in [2.24, 2.45) is 0 Å². The van der Waals surface area contributed by atoms with E-state index in [1.165, 1.54) is 6.33 Å². The van der Waals surface area contributed by atoms with Crippen LogP contribution in [-0.4, -0.2) is 19.5 Å². The number of halogens is 5. The Hall–Kier alpha value is -3.35. The molecule has 8 nitrogen and oxygen atoms in total. The number of nitro benzene ring substituents is 1. The third-order valence-corrected chi connectivity index (χ3v) is 5.71. The SMILES string of the molecule is CC(C)c1ncnc(C(C)C)c1Nc1c(Br)cc(C(F)(F)F)n(-c2c(F)cccc2[N+](=O)[O-])c1=O. The van der Waals surface area contributed by atoms with Crippen LogP contribution in [-0.2, 0) is 6.18 Å². The molecule has 1 N–H and O–H groups in total. The van der Waals surface area contributed by atoms with E-state index in [1.54, 1.807) is 0 Å². The number of para-hydroxylation sites is 1. The van der Waals surface area contributed by atoms with Gasteiger partial charge >= 0.3 is 6.18 Å². The van der Waals surface area contributed by atoms with Crippen molar-refractivity contribution in [1.29, 1.82) is 0 Å². The summed E-state index contributed by atoms with van der Waals surface area (Å²) in [7, 11) is 0. The van der Waals surface area contributed by atoms with E-state index in [0.717, 1.165) is 18.2 Å². The summed E-state index contributed by atoms with van der Waals surface area (Å²) in [5, 5.41) is 14.3. The van der Waals surface area contributed by atoms with Gasteiger partial charge in [-0.1, -0.05) is 33.8 Å². The van der Waals surface area contributed by atoms with Crippen molar-refractivity contribution < 1.29 is 22.5 Å². The Balaban J connectivity index is 2.42. The molecule has 0 aliphatic carbocycles. The average molecular weight is 558 g/mol. The van der Waals surface area contributed by atoms with Gasteiger partial charge in [0.2, 0.25) is 0 Å². The summed E-state index contributed by atoms with van der Waals surface area (Å²) in [5.41, 5.74) is -4.16. The van der Waals surface area contributed by atoms with E-state index in [2.05, 4.69) is 31.2 Å². The number of rotatable bonds is 6. The molecule has 3 aromatic rings. The van der Waals surface area contributed by atoms with Gasteiger partial charge in [0.25, 0.3) is 11.2 Å². The predicted molar refractivity (Wildman–Crippen MR) is 125 cm³/mol. The number of hydrogen-bond acceptors (Lipinski definition) is 6. The highest BCUT2D eigenvalue weighted by molar-refractivity contribution is 9.10. The number of nitro groups is 1. The van der Waals surface area contributed by atoms with Crippen LogP contribution in [0.2, 0.25) is 0 Å². The quantitative estimate of drug-likeness (QED) is 0.212. The third-order valence-electron chi connectivity index (χ3n) is 5.09. The molecule has 2 aromatic heterocycles. The molecule has 0 saturated carbocycles. The lowest BCUT2D eigenvalue weighted by molar-refractivity contribution is -0.384. The maximum atomic E-state index is 14.8. The molecule has 3 rings (SSSR count). The van der Waals surface area contributed by atoms with Crippen LogP contribution in [0.25, 0.3) is 5.69 Å². The molecular weight excluding hydrogens is 538 g/mol. The molecule has 2 heterocycles. The zero-order valence-electron chi connectivity index (χ0n) is 18.9. The second-order valence-electron chi connectivity index (χ2n) is 8.21. The van der Waals surface area contributed by atoms with E-state index in [9.17, 15) is 32.5 Å². The first-order valence-electron chi connectivity index (χ1n) is 10.3. The van der Waals surface area contributed by atoms with Crippen LogP contribution < -0.4 is 10.9 Å². The zero-order chi connectivity index (χ0) is 26.2. The van der Waals surface area contributed by atoms with Crippen molar-refractivity contribution in [2.75, 3.05) is 5.32 Å². The molecule has 186 valence electrons. The number of nitrogens with zero attached hydrogens (tertiary/aromatic N) is 4. The van der Waals surface area contributed by atoms with Gasteiger partial charge < -0.3 is 5.32 Å². The van der Waals surface area contributed by atoms with Crippen LogP contribution in [0.4, 0.5) is 34.6 Å². The van der Waals surface area contributed by atoms with Crippen LogP contribution in [0.1, 0.15) is 56.6 Å². The van der Waals surface area contributed by atoms with Crippen LogP contribution in [0.5, 0.6) is 0 Å². The fourth-order valence-electron chi connectivity index (χ4n) is 3.54. The first-order valence-corrected chi connectivity index (χ1v) is 11.1. The molecule has 0 spiro atoms. The standard InChI is InChI=1S/C22H20BrF4N5O3/c1-10(2)16-19(17(11(3)4)29-9-28-16)30-18-12(23)8-15(22(25,26)27)31(21(18)33)20-13(24)6-5-7-14(20)32(34)35/h5-11,30H,1-4H3. The molecule has 0 unspecified atom stereocenters. The lowest BCUT2D eigenvalue weighted by atomic mass is 10.0. The highest BCUT2D eigenvalue weighted by Gasteiger charge is 2.39. The number of nitrogens with one attached hydrogen (secondary N) is 1. The maximum Gasteiger partial charge on any atom is 0.431 e. The van der Waals surface area contributed by atoms with E-state index in [1.807, 2.05) is 27.7 Å². The van der Waals surface area contributed by atoms with Gasteiger partial charge in [-0.15, -0.1) is 0 Å². The molecule has 0 fully saturated rings. The Morgan fingerprint density at radius 3 is 2.14 bits per heavy atom. The molecular formula is C22H20BrF4N5O3. The van der Waals surface area contributed by atoms with E-state index in [4.69, 9.17) is 0 Å². The van der Waals surface area contributed by atoms with Gasteiger partial charge in [-0.2, -0.15) is 13.2 Å². The molecule has 13 heteroatoms. The molecule has 1 aromatic carbocycles. The summed E-state index contributed by atoms with van der Waals surface area (Å²) in [6.45, 7) is 7.33. The zero-order valence-corrected chi connectivity index (χ0v) is 20.5. The first kappa shape index (κ1) is 26.3. The van der Waals surface area contributed by atoms with Crippen molar-refractivity contribution in [3.8, 4) is 5.69 Å². The third kappa shape index (κ3) is 5.04. The first-order chi connectivity index (χ1) is 16.3. The Labute approximate surface area is 205 Å². The summed E-state index contributed by atoms with van der Waals surface area (Å²) in [5.74, 6) is -1.67. The van der Waals surface area contributed by atoms with Crippen LogP contribution in [0, 0.1) is 15.9 Å². The topological polar surface area (TPSA) is 103 Å². The smallest absolute Gasteiger partial charge is 0.347 e. The van der Waals surface area contributed by atoms with Crippen molar-refractivity contribution >= 4 is 33.0 Å². The van der Waals surface area contributed by atoms with Crippen molar-refractivity contribution in [3.63, 3.8) is 0 Å². The van der Waals surface area contributed by atoms with Gasteiger partial charge in [-0.3, -0.25) is 19.5 Å². The van der Waals surface area contributed by atoms with Crippen LogP contribution in [0.15, 0.2) is 39.9 Å². The van der Waals surface area contributed by atoms with Crippen LogP contribution >= 0.6 is 15.9 Å². The maximum absolute atomic E-state index is 14.8. The summed E-state index contributed by atoms with van der Waals surface area (Å²) in [6.07, 6.45) is -3.79. The van der Waals surface area contributed by atoms with E-state index in [-0.39, 0.29) is 20.9 Å².